The van der Waals surface area contributed by atoms with Crippen LogP contribution >= 0.6 is 0 Å². The minimum absolute atomic E-state index is 0.240. The molecular weight excluding hydrogens is 474 g/mol. The third-order valence-electron chi connectivity index (χ3n) is 7.06. The number of piperazine rings is 1. The third kappa shape index (κ3) is 6.99. The van der Waals surface area contributed by atoms with Gasteiger partial charge in [0.05, 0.1) is 7.11 Å². The molecule has 0 aliphatic carbocycles. The number of benzene rings is 2. The van der Waals surface area contributed by atoms with Crippen LogP contribution in [0.25, 0.3) is 0 Å². The van der Waals surface area contributed by atoms with Gasteiger partial charge in [0, 0.05) is 55.6 Å². The molecule has 2 saturated heterocycles. The molecule has 37 heavy (non-hydrogen) atoms. The van der Waals surface area contributed by atoms with E-state index in [4.69, 9.17) is 4.74 Å². The van der Waals surface area contributed by atoms with E-state index in [-0.39, 0.29) is 6.54 Å². The van der Waals surface area contributed by atoms with Crippen molar-refractivity contribution in [3.63, 3.8) is 0 Å². The molecule has 2 aromatic carbocycles. The van der Waals surface area contributed by atoms with Crippen molar-refractivity contribution in [1.82, 2.24) is 20.9 Å². The second kappa shape index (κ2) is 12.6. The van der Waals surface area contributed by atoms with E-state index in [1.165, 1.54) is 20.0 Å². The van der Waals surface area contributed by atoms with Gasteiger partial charge in [-0.15, -0.1) is 0 Å². The zero-order valence-electron chi connectivity index (χ0n) is 21.1. The zero-order chi connectivity index (χ0) is 26.2. The summed E-state index contributed by atoms with van der Waals surface area (Å²) in [5.41, 5.74) is 1.80. The molecule has 0 saturated carbocycles. The number of amides is 2. The van der Waals surface area contributed by atoms with Gasteiger partial charge in [0.1, 0.15) is 11.8 Å². The molecule has 0 radical (unpaired) electrons. The Morgan fingerprint density at radius 3 is 2.14 bits per heavy atom. The first kappa shape index (κ1) is 26.4. The smallest absolute Gasteiger partial charge is 0.328 e. The molecule has 10 nitrogen and oxygen atoms in total. The van der Waals surface area contributed by atoms with Crippen LogP contribution in [-0.2, 0) is 4.79 Å². The Morgan fingerprint density at radius 2 is 1.54 bits per heavy atom. The minimum Gasteiger partial charge on any atom is -0.497 e. The first-order valence-electron chi connectivity index (χ1n) is 12.7. The monoisotopic (exact) mass is 509 g/mol. The predicted molar refractivity (Wildman–Crippen MR) is 140 cm³/mol. The molecule has 198 valence electrons. The van der Waals surface area contributed by atoms with Crippen LogP contribution in [0.4, 0.5) is 5.69 Å². The quantitative estimate of drug-likeness (QED) is 0.398. The largest absolute Gasteiger partial charge is 0.497 e. The number of rotatable bonds is 9. The van der Waals surface area contributed by atoms with Crippen molar-refractivity contribution in [3.05, 3.63) is 59.7 Å². The summed E-state index contributed by atoms with van der Waals surface area (Å²) in [7, 11) is 1.52. The molecule has 4 rings (SSSR count). The van der Waals surface area contributed by atoms with Crippen molar-refractivity contribution >= 4 is 23.5 Å². The van der Waals surface area contributed by atoms with Crippen LogP contribution < -0.4 is 25.6 Å². The lowest BCUT2D eigenvalue weighted by Crippen LogP contribution is -2.52. The van der Waals surface area contributed by atoms with Crippen molar-refractivity contribution in [1.29, 1.82) is 0 Å². The van der Waals surface area contributed by atoms with Crippen molar-refractivity contribution in [2.45, 2.75) is 24.9 Å². The van der Waals surface area contributed by atoms with Crippen LogP contribution in [0.5, 0.6) is 5.75 Å². The molecule has 2 fully saturated rings. The summed E-state index contributed by atoms with van der Waals surface area (Å²) >= 11 is 0. The second-order valence-corrected chi connectivity index (χ2v) is 9.35. The molecule has 0 spiro atoms. The van der Waals surface area contributed by atoms with E-state index < -0.39 is 23.8 Å². The maximum Gasteiger partial charge on any atom is 0.328 e. The molecule has 0 unspecified atom stereocenters. The lowest BCUT2D eigenvalue weighted by Gasteiger charge is -2.41. The minimum atomic E-state index is -1.27. The van der Waals surface area contributed by atoms with Gasteiger partial charge in [-0.2, -0.15) is 0 Å². The number of carboxylic acids is 1. The molecule has 2 amide bonds. The number of hydrogen-bond acceptors (Lipinski definition) is 7. The van der Waals surface area contributed by atoms with Crippen LogP contribution in [0.1, 0.15) is 33.6 Å². The Hall–Kier alpha value is -3.63. The summed E-state index contributed by atoms with van der Waals surface area (Å²) in [6.45, 7) is 5.91. The number of hydrogen-bond donors (Lipinski definition) is 4. The number of carboxylic acid groups (broad SMARTS) is 1. The number of methoxy groups -OCH3 is 1. The predicted octanol–water partition coefficient (Wildman–Crippen LogP) is 1.18. The lowest BCUT2D eigenvalue weighted by atomic mass is 10.0. The van der Waals surface area contributed by atoms with Crippen LogP contribution in [0.2, 0.25) is 0 Å². The number of nitrogens with zero attached hydrogens (tertiary/aromatic N) is 2. The summed E-state index contributed by atoms with van der Waals surface area (Å²) in [5, 5.41) is 18.0. The van der Waals surface area contributed by atoms with Crippen LogP contribution in [-0.4, -0.2) is 92.8 Å². The summed E-state index contributed by atoms with van der Waals surface area (Å²) in [5.74, 6) is -1.59. The molecule has 2 heterocycles. The molecule has 2 aliphatic rings. The van der Waals surface area contributed by atoms with Crippen molar-refractivity contribution < 1.29 is 24.2 Å². The topological polar surface area (TPSA) is 123 Å². The van der Waals surface area contributed by atoms with Crippen molar-refractivity contribution in [2.24, 2.45) is 0 Å². The van der Waals surface area contributed by atoms with Gasteiger partial charge in [-0.1, -0.05) is 0 Å². The fourth-order valence-electron chi connectivity index (χ4n) is 4.82. The Balaban J connectivity index is 1.26. The average Bonchev–Trinajstić information content (AvgIpc) is 2.95. The molecule has 10 heteroatoms. The fraction of sp³-hybridized carbons (Fsp3) is 0.444. The van der Waals surface area contributed by atoms with Gasteiger partial charge < -0.3 is 30.7 Å². The fourth-order valence-corrected chi connectivity index (χ4v) is 4.82. The van der Waals surface area contributed by atoms with Gasteiger partial charge in [0.2, 0.25) is 0 Å². The van der Waals surface area contributed by atoms with E-state index in [0.717, 1.165) is 45.0 Å². The number of carbonyl (C=O) groups is 3. The highest BCUT2D eigenvalue weighted by molar-refractivity contribution is 5.97. The van der Waals surface area contributed by atoms with Gasteiger partial charge in [0.25, 0.3) is 11.8 Å². The summed E-state index contributed by atoms with van der Waals surface area (Å²) in [6, 6.07) is 13.1. The molecule has 0 bridgehead atoms. The normalized spacial score (nSPS) is 17.6. The molecule has 2 aliphatic heterocycles. The summed E-state index contributed by atoms with van der Waals surface area (Å²) in [4.78, 5) is 41.7. The average molecular weight is 510 g/mol. The zero-order valence-corrected chi connectivity index (χ0v) is 21.1. The highest BCUT2D eigenvalue weighted by Gasteiger charge is 2.25. The highest BCUT2D eigenvalue weighted by atomic mass is 16.5. The number of nitrogens with one attached hydrogen (secondary N) is 3. The first-order chi connectivity index (χ1) is 17.9. The Bertz CT molecular complexity index is 1060. The van der Waals surface area contributed by atoms with E-state index in [2.05, 4.69) is 25.8 Å². The van der Waals surface area contributed by atoms with Crippen LogP contribution in [0.3, 0.4) is 0 Å². The van der Waals surface area contributed by atoms with E-state index in [1.807, 2.05) is 12.1 Å². The van der Waals surface area contributed by atoms with Gasteiger partial charge in [-0.05, 0) is 74.5 Å². The number of ether oxygens (including phenoxy) is 1. The van der Waals surface area contributed by atoms with E-state index in [0.29, 0.717) is 22.9 Å². The van der Waals surface area contributed by atoms with Crippen LogP contribution in [0, 0.1) is 0 Å². The Morgan fingerprint density at radius 1 is 0.946 bits per heavy atom. The number of aliphatic carboxylic acids is 1. The number of piperidine rings is 1. The number of carbonyl (C=O) groups excluding carboxylic acids is 2. The first-order valence-corrected chi connectivity index (χ1v) is 12.7. The maximum atomic E-state index is 12.6. The third-order valence-corrected chi connectivity index (χ3v) is 7.06. The highest BCUT2D eigenvalue weighted by Crippen LogP contribution is 2.20. The van der Waals surface area contributed by atoms with Crippen LogP contribution in [0.15, 0.2) is 48.5 Å². The van der Waals surface area contributed by atoms with Crippen molar-refractivity contribution in [2.75, 3.05) is 57.8 Å². The van der Waals surface area contributed by atoms with Gasteiger partial charge >= 0.3 is 5.97 Å². The maximum absolute atomic E-state index is 12.6. The molecule has 4 N–H and O–H groups in total. The second-order valence-electron chi connectivity index (χ2n) is 9.35. The molecule has 0 aromatic heterocycles. The lowest BCUT2D eigenvalue weighted by molar-refractivity contribution is -0.139. The molecule has 1 atom stereocenters. The number of anilines is 1. The standard InChI is InChI=1S/C27H35N5O5/c1-37-23-8-4-20(5-9-23)26(34)30-24(27(35)36)18-29-25(33)19-2-6-21(7-3-19)31-14-16-32(17-15-31)22-10-12-28-13-11-22/h2-9,22,24,28H,10-18H2,1H3,(H,29,33)(H,30,34)(H,35,36)/t24-/m0/s1. The van der Waals surface area contributed by atoms with E-state index in [1.54, 1.807) is 36.4 Å². The van der Waals surface area contributed by atoms with E-state index in [9.17, 15) is 19.5 Å². The summed E-state index contributed by atoms with van der Waals surface area (Å²) < 4.78 is 5.06. The Kier molecular flexibility index (Phi) is 8.97. The summed E-state index contributed by atoms with van der Waals surface area (Å²) in [6.07, 6.45) is 2.41. The van der Waals surface area contributed by atoms with Crippen molar-refractivity contribution in [3.8, 4) is 5.75 Å². The van der Waals surface area contributed by atoms with Gasteiger partial charge in [-0.25, -0.2) is 4.79 Å². The SMILES string of the molecule is COc1ccc(C(=O)N[C@@H](CNC(=O)c2ccc(N3CCN(C4CCNCC4)CC3)cc2)C(=O)O)cc1. The molecule has 2 aromatic rings. The van der Waals surface area contributed by atoms with Gasteiger partial charge in [-0.3, -0.25) is 14.5 Å². The Labute approximate surface area is 217 Å². The van der Waals surface area contributed by atoms with Gasteiger partial charge in [0.15, 0.2) is 0 Å². The van der Waals surface area contributed by atoms with E-state index >= 15 is 0 Å². The molecular formula is C27H35N5O5.